The fourth-order valence-electron chi connectivity index (χ4n) is 6.08. The fourth-order valence-corrected chi connectivity index (χ4v) is 7.04. The Kier molecular flexibility index (Phi) is 13.3. The number of nitrogens with two attached hydrogens (primary N) is 2. The maximum atomic E-state index is 14.2. The van der Waals surface area contributed by atoms with Gasteiger partial charge in [-0.2, -0.15) is 0 Å². The first kappa shape index (κ1) is 39.4. The van der Waals surface area contributed by atoms with E-state index in [1.54, 1.807) is 36.4 Å². The lowest BCUT2D eigenvalue weighted by atomic mass is 9.99. The third-order valence-corrected chi connectivity index (χ3v) is 9.76. The smallest absolute Gasteiger partial charge is 0.243 e. The van der Waals surface area contributed by atoms with Crippen molar-refractivity contribution in [2.75, 3.05) is 6.54 Å². The molecule has 4 heterocycles. The summed E-state index contributed by atoms with van der Waals surface area (Å²) < 4.78 is 6.85. The molecule has 0 saturated heterocycles. The molecule has 0 unspecified atom stereocenters. The molecule has 0 saturated carbocycles. The number of fused-ring (bicyclic) bond motifs is 3. The Morgan fingerprint density at radius 3 is 2.19 bits per heavy atom. The number of ketones is 1. The van der Waals surface area contributed by atoms with Crippen molar-refractivity contribution in [3.05, 3.63) is 88.9 Å². The summed E-state index contributed by atoms with van der Waals surface area (Å²) in [7, 11) is 0. The second-order valence-electron chi connectivity index (χ2n) is 13.7. The molecule has 0 aliphatic carbocycles. The van der Waals surface area contributed by atoms with Crippen LogP contribution in [0.25, 0.3) is 10.2 Å². The second-order valence-corrected chi connectivity index (χ2v) is 14.7. The summed E-state index contributed by atoms with van der Waals surface area (Å²) in [5, 5.41) is 11.5. The van der Waals surface area contributed by atoms with Crippen molar-refractivity contribution in [1.82, 2.24) is 26.3 Å². The van der Waals surface area contributed by atoms with Crippen molar-refractivity contribution in [2.45, 2.75) is 77.0 Å². The summed E-state index contributed by atoms with van der Waals surface area (Å²) in [6.45, 7) is 5.37. The summed E-state index contributed by atoms with van der Waals surface area (Å²) >= 11 is 1.23. The Bertz CT molecular complexity index is 1960. The summed E-state index contributed by atoms with van der Waals surface area (Å²) in [5.41, 5.74) is 13.1. The Morgan fingerprint density at radius 1 is 0.926 bits per heavy atom. The van der Waals surface area contributed by atoms with E-state index in [4.69, 9.17) is 16.2 Å². The van der Waals surface area contributed by atoms with E-state index < -0.39 is 47.8 Å². The van der Waals surface area contributed by atoms with Crippen molar-refractivity contribution >= 4 is 56.9 Å². The molecule has 4 bridgehead atoms. The molecule has 3 aliphatic rings. The molecular weight excluding hydrogens is 709 g/mol. The van der Waals surface area contributed by atoms with Gasteiger partial charge >= 0.3 is 0 Å². The molecular formula is C39H46N8O6S. The first-order valence-electron chi connectivity index (χ1n) is 17.8. The van der Waals surface area contributed by atoms with Gasteiger partial charge in [-0.3, -0.25) is 29.0 Å². The van der Waals surface area contributed by atoms with Gasteiger partial charge in [0.15, 0.2) is 11.0 Å². The van der Waals surface area contributed by atoms with Crippen LogP contribution in [-0.2, 0) is 32.0 Å². The van der Waals surface area contributed by atoms with Crippen LogP contribution in [0.3, 0.4) is 0 Å². The molecule has 3 aliphatic heterocycles. The summed E-state index contributed by atoms with van der Waals surface area (Å²) in [6.07, 6.45) is 1.04. The van der Waals surface area contributed by atoms with Crippen LogP contribution in [0, 0.1) is 5.92 Å². The number of rotatable bonds is 11. The van der Waals surface area contributed by atoms with Crippen molar-refractivity contribution < 1.29 is 28.7 Å². The average molecular weight is 755 g/mol. The third-order valence-electron chi connectivity index (χ3n) is 8.71. The number of carbonyl (C=O) groups is 5. The minimum atomic E-state index is -1.16. The molecule has 3 aromatic carbocycles. The number of aliphatic imine (C=N–C) groups is 1. The predicted molar refractivity (Wildman–Crippen MR) is 207 cm³/mol. The van der Waals surface area contributed by atoms with E-state index in [1.807, 2.05) is 50.2 Å². The van der Waals surface area contributed by atoms with Crippen LogP contribution in [-0.4, -0.2) is 71.1 Å². The molecule has 0 radical (unpaired) electrons. The Hall–Kier alpha value is -5.83. The Morgan fingerprint density at radius 2 is 1.57 bits per heavy atom. The topological polar surface area (TPSA) is 220 Å². The van der Waals surface area contributed by atoms with E-state index in [0.29, 0.717) is 29.0 Å². The summed E-state index contributed by atoms with van der Waals surface area (Å²) in [4.78, 5) is 76.6. The van der Waals surface area contributed by atoms with Crippen LogP contribution in [0.1, 0.15) is 61.0 Å². The van der Waals surface area contributed by atoms with Gasteiger partial charge in [0.25, 0.3) is 0 Å². The highest BCUT2D eigenvalue weighted by molar-refractivity contribution is 7.20. The van der Waals surface area contributed by atoms with Gasteiger partial charge in [-0.25, -0.2) is 4.98 Å². The molecule has 1 aromatic heterocycles. The lowest BCUT2D eigenvalue weighted by molar-refractivity contribution is -0.133. The normalized spacial score (nSPS) is 18.1. The highest BCUT2D eigenvalue weighted by atomic mass is 32.1. The Labute approximate surface area is 317 Å². The van der Waals surface area contributed by atoms with Crippen molar-refractivity contribution in [3.63, 3.8) is 0 Å². The molecule has 4 atom stereocenters. The number of aromatic nitrogens is 1. The van der Waals surface area contributed by atoms with Gasteiger partial charge in [0.2, 0.25) is 29.4 Å². The first-order chi connectivity index (χ1) is 25.8. The standard InChI is InChI=1S/C39H46N8O6S/c1-22(2)19-30-35(50)46-32(37(52)44-29(8-6-18-42-39(40)41)34(49)38-47-28-7-4-5-9-33(28)54-38)21-25-12-16-27(17-13-25)53-26-14-10-24(11-15-26)20-31(36(51)45-30)43-23(3)48/h4-5,7,9-17,22,29-32H,6,8,18-21H2,1-3H3,(H,43,48)(H,44,52)(H,45,51)(H,46,50)(H4,40,41,42)/t29-,30-,31-,32-/m0/s1. The van der Waals surface area contributed by atoms with Crippen molar-refractivity contribution in [1.29, 1.82) is 0 Å². The van der Waals surface area contributed by atoms with Gasteiger partial charge in [-0.15, -0.1) is 11.3 Å². The number of para-hydroxylation sites is 1. The Balaban J connectivity index is 1.47. The zero-order valence-electron chi connectivity index (χ0n) is 30.5. The molecule has 14 nitrogen and oxygen atoms in total. The van der Waals surface area contributed by atoms with Gasteiger partial charge < -0.3 is 37.5 Å². The van der Waals surface area contributed by atoms with E-state index in [-0.39, 0.29) is 54.9 Å². The first-order valence-corrected chi connectivity index (χ1v) is 18.7. The largest absolute Gasteiger partial charge is 0.457 e. The zero-order valence-corrected chi connectivity index (χ0v) is 31.3. The molecule has 4 aromatic rings. The number of benzene rings is 3. The van der Waals surface area contributed by atoms with E-state index in [1.165, 1.54) is 18.3 Å². The highest BCUT2D eigenvalue weighted by Crippen LogP contribution is 2.25. The molecule has 0 fully saturated rings. The summed E-state index contributed by atoms with van der Waals surface area (Å²) in [6, 6.07) is 17.5. The number of Topliss-reactive ketones (excluding diaryl/α,β-unsaturated/α-hetero) is 1. The van der Waals surface area contributed by atoms with Gasteiger partial charge in [-0.05, 0) is 72.7 Å². The molecule has 0 spiro atoms. The SMILES string of the molecule is CC(=O)N[C@H]1Cc2ccc(cc2)Oc2ccc(cc2)C[C@@H](C(=O)N[C@@H](CCCN=C(N)N)C(=O)c2nc3ccccc3s2)NC(=O)[C@H](CC(C)C)NC1=O. The van der Waals surface area contributed by atoms with Crippen LogP contribution in [0.4, 0.5) is 0 Å². The third kappa shape index (κ3) is 11.1. The van der Waals surface area contributed by atoms with Gasteiger partial charge in [0.05, 0.1) is 16.3 Å². The van der Waals surface area contributed by atoms with Crippen LogP contribution in [0.15, 0.2) is 77.8 Å². The average Bonchev–Trinajstić information content (AvgIpc) is 3.57. The van der Waals surface area contributed by atoms with Crippen molar-refractivity contribution in [2.24, 2.45) is 22.4 Å². The monoisotopic (exact) mass is 754 g/mol. The molecule has 284 valence electrons. The maximum absolute atomic E-state index is 14.2. The number of ether oxygens (including phenoxy) is 1. The number of guanidine groups is 1. The van der Waals surface area contributed by atoms with Crippen LogP contribution in [0.5, 0.6) is 11.5 Å². The molecule has 4 amide bonds. The minimum absolute atomic E-state index is 0.0217. The summed E-state index contributed by atoms with van der Waals surface area (Å²) in [5.74, 6) is -1.54. The molecule has 54 heavy (non-hydrogen) atoms. The zero-order chi connectivity index (χ0) is 38.8. The number of amides is 4. The molecule has 8 N–H and O–H groups in total. The maximum Gasteiger partial charge on any atom is 0.243 e. The van der Waals surface area contributed by atoms with Crippen LogP contribution in [0.2, 0.25) is 0 Å². The number of nitrogens with one attached hydrogen (secondary N) is 4. The van der Waals surface area contributed by atoms with E-state index >= 15 is 0 Å². The number of carbonyl (C=O) groups excluding carboxylic acids is 5. The lowest BCUT2D eigenvalue weighted by Gasteiger charge is -2.27. The number of hydrogen-bond donors (Lipinski definition) is 6. The fraction of sp³-hybridized carbons (Fsp3) is 0.359. The molecule has 7 rings (SSSR count). The minimum Gasteiger partial charge on any atom is -0.457 e. The second kappa shape index (κ2) is 18.3. The van der Waals surface area contributed by atoms with Crippen LogP contribution < -0.4 is 37.5 Å². The van der Waals surface area contributed by atoms with Crippen molar-refractivity contribution in [3.8, 4) is 11.5 Å². The van der Waals surface area contributed by atoms with Gasteiger partial charge in [0, 0.05) is 26.3 Å². The van der Waals surface area contributed by atoms with Gasteiger partial charge in [0.1, 0.15) is 29.6 Å². The lowest BCUT2D eigenvalue weighted by Crippen LogP contribution is -2.58. The number of hydrogen-bond acceptors (Lipinski definition) is 9. The number of nitrogens with zero attached hydrogens (tertiary/aromatic N) is 2. The quantitative estimate of drug-likeness (QED) is 0.0573. The van der Waals surface area contributed by atoms with E-state index in [9.17, 15) is 24.0 Å². The van der Waals surface area contributed by atoms with Gasteiger partial charge in [-0.1, -0.05) is 50.2 Å². The van der Waals surface area contributed by atoms with Crippen LogP contribution >= 0.6 is 11.3 Å². The van der Waals surface area contributed by atoms with E-state index in [0.717, 1.165) is 10.3 Å². The highest BCUT2D eigenvalue weighted by Gasteiger charge is 2.33. The molecule has 15 heteroatoms. The predicted octanol–water partition coefficient (Wildman–Crippen LogP) is 3.13. The van der Waals surface area contributed by atoms with E-state index in [2.05, 4.69) is 31.2 Å². The number of thiazole rings is 1.